The van der Waals surface area contributed by atoms with Crippen molar-refractivity contribution in [1.82, 2.24) is 19.8 Å². The van der Waals surface area contributed by atoms with Crippen molar-refractivity contribution in [1.29, 1.82) is 0 Å². The first-order chi connectivity index (χ1) is 9.22. The van der Waals surface area contributed by atoms with Gasteiger partial charge in [0.1, 0.15) is 10.8 Å². The number of hydrogen-bond donors (Lipinski definition) is 1. The molecule has 7 heteroatoms. The molecule has 0 bridgehead atoms. The minimum Gasteiger partial charge on any atom is -0.507 e. The van der Waals surface area contributed by atoms with Crippen LogP contribution in [0.3, 0.4) is 0 Å². The van der Waals surface area contributed by atoms with Crippen molar-refractivity contribution >= 4 is 38.9 Å². The number of fused-ring (bicyclic) bond motifs is 1. The summed E-state index contributed by atoms with van der Waals surface area (Å²) < 4.78 is 2.68. The molecule has 4 rings (SSSR count). The van der Waals surface area contributed by atoms with Gasteiger partial charge in [0.15, 0.2) is 5.82 Å². The van der Waals surface area contributed by atoms with Crippen LogP contribution in [0, 0.1) is 3.57 Å². The lowest BCUT2D eigenvalue weighted by Gasteiger charge is -1.99. The fourth-order valence-electron chi connectivity index (χ4n) is 1.99. The van der Waals surface area contributed by atoms with Gasteiger partial charge in [-0.1, -0.05) is 17.4 Å². The van der Waals surface area contributed by atoms with Gasteiger partial charge in [-0.15, -0.1) is 10.2 Å². The van der Waals surface area contributed by atoms with Crippen LogP contribution in [0.1, 0.15) is 24.6 Å². The van der Waals surface area contributed by atoms with Crippen LogP contribution in [0.5, 0.6) is 5.75 Å². The molecule has 0 amide bonds. The lowest BCUT2D eigenvalue weighted by Crippen LogP contribution is -1.93. The van der Waals surface area contributed by atoms with E-state index in [1.165, 1.54) is 24.2 Å². The molecule has 1 aliphatic rings. The summed E-state index contributed by atoms with van der Waals surface area (Å²) in [6, 6.07) is 5.59. The van der Waals surface area contributed by atoms with Crippen molar-refractivity contribution in [3.8, 4) is 16.3 Å². The third kappa shape index (κ3) is 1.91. The van der Waals surface area contributed by atoms with Gasteiger partial charge in [-0.3, -0.25) is 0 Å². The summed E-state index contributed by atoms with van der Waals surface area (Å²) in [4.78, 5) is 0.815. The van der Waals surface area contributed by atoms with Crippen molar-refractivity contribution < 1.29 is 5.11 Å². The number of aromatic nitrogens is 4. The van der Waals surface area contributed by atoms with E-state index in [1.807, 2.05) is 16.6 Å². The van der Waals surface area contributed by atoms with Gasteiger partial charge in [-0.05, 0) is 47.6 Å². The van der Waals surface area contributed by atoms with Gasteiger partial charge >= 0.3 is 0 Å². The average Bonchev–Trinajstić information content (AvgIpc) is 3.01. The third-order valence-corrected chi connectivity index (χ3v) is 5.01. The molecule has 1 aliphatic carbocycles. The van der Waals surface area contributed by atoms with Gasteiger partial charge < -0.3 is 5.11 Å². The molecule has 0 radical (unpaired) electrons. The molecule has 5 nitrogen and oxygen atoms in total. The molecule has 2 aromatic heterocycles. The zero-order chi connectivity index (χ0) is 13.0. The second-order valence-electron chi connectivity index (χ2n) is 4.60. The maximum atomic E-state index is 9.77. The largest absolute Gasteiger partial charge is 0.507 e. The molecular formula is C12H9IN4OS. The molecular weight excluding hydrogens is 375 g/mol. The van der Waals surface area contributed by atoms with E-state index in [4.69, 9.17) is 0 Å². The zero-order valence-electron chi connectivity index (χ0n) is 9.75. The van der Waals surface area contributed by atoms with Crippen molar-refractivity contribution in [3.05, 3.63) is 27.6 Å². The van der Waals surface area contributed by atoms with Crippen LogP contribution in [-0.2, 0) is 0 Å². The first kappa shape index (κ1) is 11.6. The standard InChI is InChI=1S/C12H9IN4OS/c13-8-4-3-7(5-9(8)18)11-16-17-10(6-1-2-6)14-15-12(17)19-11/h3-6,18H,1-2H2. The Morgan fingerprint density at radius 3 is 2.89 bits per heavy atom. The minimum absolute atomic E-state index is 0.284. The van der Waals surface area contributed by atoms with Crippen molar-refractivity contribution in [2.45, 2.75) is 18.8 Å². The third-order valence-electron chi connectivity index (χ3n) is 3.15. The Kier molecular flexibility index (Phi) is 2.52. The molecule has 0 unspecified atom stereocenters. The Morgan fingerprint density at radius 2 is 2.16 bits per heavy atom. The van der Waals surface area contributed by atoms with E-state index in [0.29, 0.717) is 5.92 Å². The van der Waals surface area contributed by atoms with Crippen LogP contribution in [0.15, 0.2) is 18.2 Å². The quantitative estimate of drug-likeness (QED) is 0.690. The summed E-state index contributed by atoms with van der Waals surface area (Å²) >= 11 is 3.60. The molecule has 2 heterocycles. The van der Waals surface area contributed by atoms with Crippen molar-refractivity contribution in [2.75, 3.05) is 0 Å². The normalized spacial score (nSPS) is 15.2. The molecule has 3 aromatic rings. The highest BCUT2D eigenvalue weighted by Gasteiger charge is 2.30. The smallest absolute Gasteiger partial charge is 0.234 e. The van der Waals surface area contributed by atoms with E-state index in [2.05, 4.69) is 37.9 Å². The van der Waals surface area contributed by atoms with Crippen LogP contribution >= 0.6 is 33.9 Å². The zero-order valence-corrected chi connectivity index (χ0v) is 12.7. The number of aromatic hydroxyl groups is 1. The van der Waals surface area contributed by atoms with Crippen molar-refractivity contribution in [3.63, 3.8) is 0 Å². The molecule has 0 saturated heterocycles. The Morgan fingerprint density at radius 1 is 1.32 bits per heavy atom. The summed E-state index contributed by atoms with van der Waals surface area (Å²) in [7, 11) is 0. The summed E-state index contributed by atoms with van der Waals surface area (Å²) in [6.45, 7) is 0. The molecule has 96 valence electrons. The van der Waals surface area contributed by atoms with Crippen LogP contribution in [0.2, 0.25) is 0 Å². The Labute approximate surface area is 126 Å². The van der Waals surface area contributed by atoms with E-state index in [1.54, 1.807) is 6.07 Å². The number of nitrogens with zero attached hydrogens (tertiary/aromatic N) is 4. The van der Waals surface area contributed by atoms with Gasteiger partial charge in [-0.2, -0.15) is 9.61 Å². The van der Waals surface area contributed by atoms with Gasteiger partial charge in [0.2, 0.25) is 4.96 Å². The van der Waals surface area contributed by atoms with E-state index in [9.17, 15) is 5.11 Å². The lowest BCUT2D eigenvalue weighted by atomic mass is 10.2. The van der Waals surface area contributed by atoms with E-state index < -0.39 is 0 Å². The van der Waals surface area contributed by atoms with E-state index in [-0.39, 0.29) is 5.75 Å². The Bertz CT molecular complexity index is 777. The fraction of sp³-hybridized carbons (Fsp3) is 0.250. The number of phenols is 1. The highest BCUT2D eigenvalue weighted by molar-refractivity contribution is 14.1. The predicted octanol–water partition coefficient (Wildman–Crippen LogP) is 3.04. The lowest BCUT2D eigenvalue weighted by molar-refractivity contribution is 0.472. The van der Waals surface area contributed by atoms with Crippen molar-refractivity contribution in [2.24, 2.45) is 0 Å². The Balaban J connectivity index is 1.84. The fourth-order valence-corrected chi connectivity index (χ4v) is 3.17. The molecule has 19 heavy (non-hydrogen) atoms. The average molecular weight is 384 g/mol. The molecule has 1 fully saturated rings. The summed E-state index contributed by atoms with van der Waals surface area (Å²) in [5, 5.41) is 23.6. The van der Waals surface area contributed by atoms with Gasteiger partial charge in [0, 0.05) is 11.5 Å². The molecule has 1 saturated carbocycles. The number of halogens is 1. The topological polar surface area (TPSA) is 63.3 Å². The van der Waals surface area contributed by atoms with Gasteiger partial charge in [-0.25, -0.2) is 0 Å². The second kappa shape index (κ2) is 4.14. The monoisotopic (exact) mass is 384 g/mol. The molecule has 0 atom stereocenters. The Hall–Kier alpha value is -1.22. The molecule has 0 aliphatic heterocycles. The minimum atomic E-state index is 0.284. The first-order valence-electron chi connectivity index (χ1n) is 5.93. The number of phenolic OH excluding ortho intramolecular Hbond substituents is 1. The molecule has 1 N–H and O–H groups in total. The number of benzene rings is 1. The highest BCUT2D eigenvalue weighted by atomic mass is 127. The highest BCUT2D eigenvalue weighted by Crippen LogP contribution is 2.40. The van der Waals surface area contributed by atoms with Crippen LogP contribution in [0.25, 0.3) is 15.5 Å². The number of rotatable bonds is 2. The van der Waals surface area contributed by atoms with Crippen LogP contribution < -0.4 is 0 Å². The number of hydrogen-bond acceptors (Lipinski definition) is 5. The SMILES string of the molecule is Oc1cc(-c2nn3c(C4CC4)nnc3s2)ccc1I. The molecule has 1 aromatic carbocycles. The summed E-state index contributed by atoms with van der Waals surface area (Å²) in [5.74, 6) is 1.77. The predicted molar refractivity (Wildman–Crippen MR) is 80.5 cm³/mol. The van der Waals surface area contributed by atoms with Gasteiger partial charge in [0.05, 0.1) is 3.57 Å². The van der Waals surface area contributed by atoms with E-state index >= 15 is 0 Å². The van der Waals surface area contributed by atoms with Crippen LogP contribution in [-0.4, -0.2) is 24.9 Å². The maximum absolute atomic E-state index is 9.77. The summed E-state index contributed by atoms with van der Waals surface area (Å²) in [6.07, 6.45) is 2.36. The van der Waals surface area contributed by atoms with E-state index in [0.717, 1.165) is 24.9 Å². The second-order valence-corrected chi connectivity index (χ2v) is 6.72. The van der Waals surface area contributed by atoms with Gasteiger partial charge in [0.25, 0.3) is 0 Å². The molecule has 0 spiro atoms. The van der Waals surface area contributed by atoms with Crippen LogP contribution in [0.4, 0.5) is 0 Å². The summed E-state index contributed by atoms with van der Waals surface area (Å²) in [5.41, 5.74) is 0.912. The maximum Gasteiger partial charge on any atom is 0.234 e. The first-order valence-corrected chi connectivity index (χ1v) is 7.83.